The fraction of sp³-hybridized carbons (Fsp3) is 0.389. The zero-order chi connectivity index (χ0) is 17.1. The van der Waals surface area contributed by atoms with Crippen LogP contribution in [-0.4, -0.2) is 25.1 Å². The molecule has 0 amide bonds. The molecule has 23 heavy (non-hydrogen) atoms. The number of hydrogen-bond acceptors (Lipinski definition) is 5. The third-order valence-electron chi connectivity index (χ3n) is 3.94. The lowest BCUT2D eigenvalue weighted by Gasteiger charge is -2.18. The van der Waals surface area contributed by atoms with Gasteiger partial charge in [-0.05, 0) is 23.4 Å². The molecule has 4 nitrogen and oxygen atoms in total. The number of rotatable bonds is 7. The highest BCUT2D eigenvalue weighted by Gasteiger charge is 2.22. The van der Waals surface area contributed by atoms with Gasteiger partial charge in [0.1, 0.15) is 0 Å². The largest absolute Gasteiger partial charge is 0.513 e. The van der Waals surface area contributed by atoms with Crippen LogP contribution in [0.2, 0.25) is 0 Å². The van der Waals surface area contributed by atoms with Gasteiger partial charge in [-0.15, -0.1) is 11.3 Å². The number of allylic oxidation sites excluding steroid dienone is 1. The minimum absolute atomic E-state index is 0.0121. The summed E-state index contributed by atoms with van der Waals surface area (Å²) in [5.74, 6) is 1.30. The Morgan fingerprint density at radius 1 is 1.22 bits per heavy atom. The van der Waals surface area contributed by atoms with E-state index in [2.05, 4.69) is 6.58 Å². The molecule has 0 radical (unpaired) electrons. The summed E-state index contributed by atoms with van der Waals surface area (Å²) in [5, 5.41) is 10.6. The highest BCUT2D eigenvalue weighted by atomic mass is 32.1. The first-order valence-electron chi connectivity index (χ1n) is 7.43. The Bertz CT molecular complexity index is 689. The van der Waals surface area contributed by atoms with Crippen molar-refractivity contribution in [3.05, 3.63) is 35.4 Å². The number of ketones is 1. The van der Waals surface area contributed by atoms with Gasteiger partial charge in [0.2, 0.25) is 0 Å². The van der Waals surface area contributed by atoms with Gasteiger partial charge in [0, 0.05) is 23.1 Å². The van der Waals surface area contributed by atoms with Crippen LogP contribution >= 0.6 is 11.3 Å². The number of benzene rings is 1. The Morgan fingerprint density at radius 2 is 1.83 bits per heavy atom. The molecule has 1 aromatic carbocycles. The van der Waals surface area contributed by atoms with E-state index in [1.807, 2.05) is 32.0 Å². The topological polar surface area (TPSA) is 55.8 Å². The molecule has 0 aliphatic heterocycles. The van der Waals surface area contributed by atoms with Gasteiger partial charge < -0.3 is 14.6 Å². The molecule has 1 unspecified atom stereocenters. The SMILES string of the molecule is C=C(O)C(CC(=O)c1cc2cc(OC)c(OC)cc2s1)C(C)C. The van der Waals surface area contributed by atoms with Crippen LogP contribution in [0, 0.1) is 11.8 Å². The molecule has 0 saturated heterocycles. The number of methoxy groups -OCH3 is 2. The molecular formula is C18H22O4S. The van der Waals surface area contributed by atoms with Crippen molar-refractivity contribution in [1.82, 2.24) is 0 Å². The normalized spacial score (nSPS) is 12.4. The lowest BCUT2D eigenvalue weighted by Crippen LogP contribution is -2.15. The summed E-state index contributed by atoms with van der Waals surface area (Å²) in [4.78, 5) is 13.2. The fourth-order valence-electron chi connectivity index (χ4n) is 2.54. The Hall–Kier alpha value is -2.01. The first-order chi connectivity index (χ1) is 10.9. The molecule has 124 valence electrons. The van der Waals surface area contributed by atoms with E-state index in [1.54, 1.807) is 14.2 Å². The van der Waals surface area contributed by atoms with Crippen LogP contribution in [-0.2, 0) is 0 Å². The molecule has 1 heterocycles. The number of hydrogen-bond donors (Lipinski definition) is 1. The Balaban J connectivity index is 2.33. The number of ether oxygens (including phenoxy) is 2. The van der Waals surface area contributed by atoms with Crippen molar-refractivity contribution in [2.75, 3.05) is 14.2 Å². The second-order valence-corrected chi connectivity index (χ2v) is 6.91. The smallest absolute Gasteiger partial charge is 0.173 e. The first-order valence-corrected chi connectivity index (χ1v) is 8.25. The summed E-state index contributed by atoms with van der Waals surface area (Å²) in [5.41, 5.74) is 0. The van der Waals surface area contributed by atoms with E-state index in [0.29, 0.717) is 16.4 Å². The monoisotopic (exact) mass is 334 g/mol. The van der Waals surface area contributed by atoms with Gasteiger partial charge in [-0.25, -0.2) is 0 Å². The molecule has 2 aromatic rings. The maximum absolute atomic E-state index is 12.5. The van der Waals surface area contributed by atoms with Gasteiger partial charge in [0.05, 0.1) is 24.9 Å². The number of aliphatic hydroxyl groups excluding tert-OH is 1. The molecule has 1 atom stereocenters. The van der Waals surface area contributed by atoms with Gasteiger partial charge in [0.15, 0.2) is 17.3 Å². The molecule has 5 heteroatoms. The molecule has 1 aromatic heterocycles. The van der Waals surface area contributed by atoms with Crippen molar-refractivity contribution in [1.29, 1.82) is 0 Å². The summed E-state index contributed by atoms with van der Waals surface area (Å²) in [6, 6.07) is 5.61. The van der Waals surface area contributed by atoms with Crippen molar-refractivity contribution in [3.8, 4) is 11.5 Å². The highest BCUT2D eigenvalue weighted by molar-refractivity contribution is 7.20. The Kier molecular flexibility index (Phi) is 5.31. The van der Waals surface area contributed by atoms with Crippen LogP contribution in [0.25, 0.3) is 10.1 Å². The van der Waals surface area contributed by atoms with Gasteiger partial charge in [-0.1, -0.05) is 20.4 Å². The predicted molar refractivity (Wildman–Crippen MR) is 94.0 cm³/mol. The standard InChI is InChI=1S/C18H22O4S/c1-10(2)13(11(3)19)8-14(20)18-7-12-6-15(21-4)16(22-5)9-17(12)23-18/h6-7,9-10,13,19H,3,8H2,1-2,4-5H3. The molecular weight excluding hydrogens is 312 g/mol. The number of carbonyl (C=O) groups excluding carboxylic acids is 1. The van der Waals surface area contributed by atoms with E-state index in [-0.39, 0.29) is 29.8 Å². The van der Waals surface area contributed by atoms with Crippen LogP contribution in [0.1, 0.15) is 29.9 Å². The van der Waals surface area contributed by atoms with Crippen molar-refractivity contribution < 1.29 is 19.4 Å². The van der Waals surface area contributed by atoms with Crippen molar-refractivity contribution >= 4 is 27.2 Å². The van der Waals surface area contributed by atoms with Crippen molar-refractivity contribution in [2.45, 2.75) is 20.3 Å². The Morgan fingerprint density at radius 3 is 2.35 bits per heavy atom. The van der Waals surface area contributed by atoms with Crippen molar-refractivity contribution in [2.24, 2.45) is 11.8 Å². The maximum atomic E-state index is 12.5. The van der Waals surface area contributed by atoms with Crippen molar-refractivity contribution in [3.63, 3.8) is 0 Å². The van der Waals surface area contributed by atoms with Gasteiger partial charge in [-0.3, -0.25) is 4.79 Å². The number of carbonyl (C=O) groups is 1. The number of fused-ring (bicyclic) bond motifs is 1. The van der Waals surface area contributed by atoms with Crippen LogP contribution in [0.4, 0.5) is 0 Å². The van der Waals surface area contributed by atoms with Crippen LogP contribution in [0.3, 0.4) is 0 Å². The summed E-state index contributed by atoms with van der Waals surface area (Å²) < 4.78 is 11.6. The summed E-state index contributed by atoms with van der Waals surface area (Å²) >= 11 is 1.42. The molecule has 1 N–H and O–H groups in total. The van der Waals surface area contributed by atoms with Gasteiger partial charge >= 0.3 is 0 Å². The molecule has 0 fully saturated rings. The van der Waals surface area contributed by atoms with E-state index in [0.717, 1.165) is 10.1 Å². The average Bonchev–Trinajstić information content (AvgIpc) is 2.92. The van der Waals surface area contributed by atoms with Gasteiger partial charge in [0.25, 0.3) is 0 Å². The molecule has 0 aliphatic rings. The number of Topliss-reactive ketones (excluding diaryl/α,β-unsaturated/α-hetero) is 1. The summed E-state index contributed by atoms with van der Waals surface area (Å²) in [6.07, 6.45) is 0.258. The first kappa shape index (κ1) is 17.3. The third kappa shape index (κ3) is 3.67. The predicted octanol–water partition coefficient (Wildman–Crippen LogP) is 4.84. The second-order valence-electron chi connectivity index (χ2n) is 5.82. The summed E-state index contributed by atoms with van der Waals surface area (Å²) in [7, 11) is 3.17. The molecule has 0 bridgehead atoms. The highest BCUT2D eigenvalue weighted by Crippen LogP contribution is 2.37. The van der Waals surface area contributed by atoms with Crippen LogP contribution in [0.15, 0.2) is 30.5 Å². The molecule has 2 rings (SSSR count). The minimum atomic E-state index is -0.225. The molecule has 0 saturated carbocycles. The molecule has 0 spiro atoms. The van der Waals surface area contributed by atoms with E-state index in [4.69, 9.17) is 9.47 Å². The van der Waals surface area contributed by atoms with E-state index in [9.17, 15) is 9.90 Å². The third-order valence-corrected chi connectivity index (χ3v) is 5.07. The zero-order valence-electron chi connectivity index (χ0n) is 13.9. The van der Waals surface area contributed by atoms with E-state index < -0.39 is 0 Å². The lowest BCUT2D eigenvalue weighted by molar-refractivity contribution is 0.0947. The van der Waals surface area contributed by atoms with E-state index >= 15 is 0 Å². The van der Waals surface area contributed by atoms with Crippen LogP contribution < -0.4 is 9.47 Å². The fourth-order valence-corrected chi connectivity index (χ4v) is 3.56. The molecule has 0 aliphatic carbocycles. The maximum Gasteiger partial charge on any atom is 0.173 e. The lowest BCUT2D eigenvalue weighted by atomic mass is 9.89. The Labute approximate surface area is 140 Å². The van der Waals surface area contributed by atoms with Gasteiger partial charge in [-0.2, -0.15) is 0 Å². The quantitative estimate of drug-likeness (QED) is 0.582. The average molecular weight is 334 g/mol. The number of aliphatic hydroxyl groups is 1. The zero-order valence-corrected chi connectivity index (χ0v) is 14.7. The summed E-state index contributed by atoms with van der Waals surface area (Å²) in [6.45, 7) is 7.53. The second kappa shape index (κ2) is 7.04. The number of thiophene rings is 1. The minimum Gasteiger partial charge on any atom is -0.513 e. The van der Waals surface area contributed by atoms with Crippen LogP contribution in [0.5, 0.6) is 11.5 Å². The van der Waals surface area contributed by atoms with E-state index in [1.165, 1.54) is 11.3 Å².